The fourth-order valence-electron chi connectivity index (χ4n) is 0.734. The van der Waals surface area contributed by atoms with Gasteiger partial charge >= 0.3 is 0 Å². The predicted molar refractivity (Wildman–Crippen MR) is 53.0 cm³/mol. The molecule has 0 fully saturated rings. The van der Waals surface area contributed by atoms with Crippen LogP contribution >= 0.6 is 0 Å². The van der Waals surface area contributed by atoms with E-state index in [0.717, 1.165) is 6.42 Å². The van der Waals surface area contributed by atoms with Crippen molar-refractivity contribution in [2.24, 2.45) is 5.92 Å². The molecule has 0 saturated heterocycles. The zero-order valence-corrected chi connectivity index (χ0v) is 8.21. The van der Waals surface area contributed by atoms with Crippen molar-refractivity contribution in [3.8, 4) is 0 Å². The van der Waals surface area contributed by atoms with Crippen molar-refractivity contribution in [1.29, 1.82) is 0 Å². The number of carbonyl (C=O) groups excluding carboxylic acids is 1. The molecule has 68 valence electrons. The highest BCUT2D eigenvalue weighted by Gasteiger charge is 1.91. The second-order valence-electron chi connectivity index (χ2n) is 3.15. The number of ketones is 1. The first-order valence-electron chi connectivity index (χ1n) is 4.52. The quantitative estimate of drug-likeness (QED) is 0.453. The van der Waals surface area contributed by atoms with Crippen LogP contribution in [0.1, 0.15) is 33.6 Å². The van der Waals surface area contributed by atoms with E-state index in [9.17, 15) is 4.79 Å². The summed E-state index contributed by atoms with van der Waals surface area (Å²) in [5, 5.41) is 0. The summed E-state index contributed by atoms with van der Waals surface area (Å²) >= 11 is 0. The molecule has 0 aromatic heterocycles. The third kappa shape index (κ3) is 7.26. The van der Waals surface area contributed by atoms with Gasteiger partial charge in [-0.05, 0) is 18.4 Å². The lowest BCUT2D eigenvalue weighted by molar-refractivity contribution is -0.113. The molecule has 0 bridgehead atoms. The monoisotopic (exact) mass is 166 g/mol. The number of hydrogen-bond acceptors (Lipinski definition) is 1. The van der Waals surface area contributed by atoms with Gasteiger partial charge in [0.25, 0.3) is 0 Å². The number of rotatable bonds is 5. The van der Waals surface area contributed by atoms with E-state index in [2.05, 4.69) is 20.8 Å². The molecule has 0 atom stereocenters. The molecule has 0 aliphatic heterocycles. The Morgan fingerprint density at radius 1 is 1.33 bits per heavy atom. The highest BCUT2D eigenvalue weighted by molar-refractivity contribution is 5.90. The van der Waals surface area contributed by atoms with Crippen LogP contribution in [0.15, 0.2) is 24.3 Å². The van der Waals surface area contributed by atoms with Crippen LogP contribution in [0.3, 0.4) is 0 Å². The number of hydrogen-bond donors (Lipinski definition) is 0. The summed E-state index contributed by atoms with van der Waals surface area (Å²) < 4.78 is 0. The summed E-state index contributed by atoms with van der Waals surface area (Å²) in [5.41, 5.74) is 0. The largest absolute Gasteiger partial charge is 0.295 e. The van der Waals surface area contributed by atoms with Crippen molar-refractivity contribution in [3.05, 3.63) is 24.3 Å². The van der Waals surface area contributed by atoms with Gasteiger partial charge < -0.3 is 0 Å². The SMILES string of the molecule is CC/C=C\CC(=O)/C=C\C(C)C. The molecule has 0 saturated carbocycles. The first-order valence-corrected chi connectivity index (χ1v) is 4.52. The molecule has 12 heavy (non-hydrogen) atoms. The molecular weight excluding hydrogens is 148 g/mol. The Bertz CT molecular complexity index is 175. The Balaban J connectivity index is 3.67. The van der Waals surface area contributed by atoms with Crippen LogP contribution in [-0.2, 0) is 4.79 Å². The Kier molecular flexibility index (Phi) is 6.35. The van der Waals surface area contributed by atoms with Gasteiger partial charge in [-0.2, -0.15) is 0 Å². The molecule has 0 heterocycles. The minimum Gasteiger partial charge on any atom is -0.295 e. The maximum atomic E-state index is 11.1. The average Bonchev–Trinajstić information content (AvgIpc) is 2.01. The molecule has 0 rings (SSSR count). The minimum absolute atomic E-state index is 0.188. The smallest absolute Gasteiger partial charge is 0.159 e. The molecule has 0 aliphatic rings. The van der Waals surface area contributed by atoms with Crippen LogP contribution < -0.4 is 0 Å². The fourth-order valence-corrected chi connectivity index (χ4v) is 0.734. The van der Waals surface area contributed by atoms with Gasteiger partial charge in [-0.3, -0.25) is 4.79 Å². The van der Waals surface area contributed by atoms with Crippen molar-refractivity contribution in [2.45, 2.75) is 33.6 Å². The summed E-state index contributed by atoms with van der Waals surface area (Å²) in [6.07, 6.45) is 9.08. The Morgan fingerprint density at radius 3 is 2.50 bits per heavy atom. The van der Waals surface area contributed by atoms with Gasteiger partial charge in [-0.15, -0.1) is 0 Å². The van der Waals surface area contributed by atoms with E-state index >= 15 is 0 Å². The molecular formula is C11H18O. The van der Waals surface area contributed by atoms with Crippen LogP contribution in [0, 0.1) is 5.92 Å². The lowest BCUT2D eigenvalue weighted by Crippen LogP contribution is -1.90. The van der Waals surface area contributed by atoms with E-state index in [1.165, 1.54) is 0 Å². The Morgan fingerprint density at radius 2 is 2.00 bits per heavy atom. The molecule has 1 heteroatoms. The van der Waals surface area contributed by atoms with E-state index < -0.39 is 0 Å². The summed E-state index contributed by atoms with van der Waals surface area (Å²) in [5.74, 6) is 0.650. The van der Waals surface area contributed by atoms with Crippen molar-refractivity contribution in [2.75, 3.05) is 0 Å². The molecule has 0 radical (unpaired) electrons. The van der Waals surface area contributed by atoms with Gasteiger partial charge in [0.15, 0.2) is 5.78 Å². The molecule has 0 amide bonds. The summed E-state index contributed by atoms with van der Waals surface area (Å²) in [4.78, 5) is 11.1. The summed E-state index contributed by atoms with van der Waals surface area (Å²) in [6, 6.07) is 0. The second kappa shape index (κ2) is 6.84. The van der Waals surface area contributed by atoms with Gasteiger partial charge in [0.05, 0.1) is 0 Å². The zero-order valence-electron chi connectivity index (χ0n) is 8.21. The molecule has 0 N–H and O–H groups in total. The molecule has 1 nitrogen and oxygen atoms in total. The maximum Gasteiger partial charge on any atom is 0.159 e. The molecule has 0 aromatic rings. The van der Waals surface area contributed by atoms with E-state index in [1.807, 2.05) is 18.2 Å². The summed E-state index contributed by atoms with van der Waals surface area (Å²) in [6.45, 7) is 6.18. The molecule has 0 unspecified atom stereocenters. The number of allylic oxidation sites excluding steroid dienone is 4. The maximum absolute atomic E-state index is 11.1. The standard InChI is InChI=1S/C11H18O/c1-4-5-6-7-11(12)9-8-10(2)3/h5-6,8-10H,4,7H2,1-3H3/b6-5-,9-8-. The van der Waals surface area contributed by atoms with Crippen molar-refractivity contribution in [1.82, 2.24) is 0 Å². The molecule has 0 aliphatic carbocycles. The normalized spacial score (nSPS) is 12.0. The first-order chi connectivity index (χ1) is 5.66. The van der Waals surface area contributed by atoms with Gasteiger partial charge in [0.2, 0.25) is 0 Å². The van der Waals surface area contributed by atoms with Gasteiger partial charge in [0.1, 0.15) is 0 Å². The first kappa shape index (κ1) is 11.2. The minimum atomic E-state index is 0.188. The highest BCUT2D eigenvalue weighted by atomic mass is 16.1. The highest BCUT2D eigenvalue weighted by Crippen LogP contribution is 1.96. The van der Waals surface area contributed by atoms with Crippen LogP contribution in [0.4, 0.5) is 0 Å². The van der Waals surface area contributed by atoms with Crippen LogP contribution in [-0.4, -0.2) is 5.78 Å². The lowest BCUT2D eigenvalue weighted by atomic mass is 10.1. The third-order valence-corrected chi connectivity index (χ3v) is 1.39. The van der Waals surface area contributed by atoms with E-state index in [4.69, 9.17) is 0 Å². The number of carbonyl (C=O) groups is 1. The fraction of sp³-hybridized carbons (Fsp3) is 0.545. The topological polar surface area (TPSA) is 17.1 Å². The van der Waals surface area contributed by atoms with E-state index in [-0.39, 0.29) is 5.78 Å². The molecule has 0 spiro atoms. The Labute approximate surface area is 75.2 Å². The Hall–Kier alpha value is -0.850. The average molecular weight is 166 g/mol. The van der Waals surface area contributed by atoms with Crippen LogP contribution in [0.5, 0.6) is 0 Å². The van der Waals surface area contributed by atoms with E-state index in [1.54, 1.807) is 6.08 Å². The second-order valence-corrected chi connectivity index (χ2v) is 3.15. The van der Waals surface area contributed by atoms with Gasteiger partial charge in [0, 0.05) is 6.42 Å². The molecule has 0 aromatic carbocycles. The van der Waals surface area contributed by atoms with Gasteiger partial charge in [-0.1, -0.05) is 39.0 Å². The zero-order chi connectivity index (χ0) is 9.40. The van der Waals surface area contributed by atoms with Crippen molar-refractivity contribution < 1.29 is 4.79 Å². The van der Waals surface area contributed by atoms with Crippen LogP contribution in [0.2, 0.25) is 0 Å². The lowest BCUT2D eigenvalue weighted by Gasteiger charge is -1.91. The predicted octanol–water partition coefficient (Wildman–Crippen LogP) is 3.12. The van der Waals surface area contributed by atoms with Crippen molar-refractivity contribution >= 4 is 5.78 Å². The third-order valence-electron chi connectivity index (χ3n) is 1.39. The van der Waals surface area contributed by atoms with Crippen LogP contribution in [0.25, 0.3) is 0 Å². The van der Waals surface area contributed by atoms with Crippen molar-refractivity contribution in [3.63, 3.8) is 0 Å². The summed E-state index contributed by atoms with van der Waals surface area (Å²) in [7, 11) is 0. The van der Waals surface area contributed by atoms with E-state index in [0.29, 0.717) is 12.3 Å². The van der Waals surface area contributed by atoms with Gasteiger partial charge in [-0.25, -0.2) is 0 Å².